The maximum Gasteiger partial charge on any atom is 0.274 e. The number of thiol groups is 1. The van der Waals surface area contributed by atoms with E-state index in [1.165, 1.54) is 12.1 Å². The maximum atomic E-state index is 10.8. The summed E-state index contributed by atoms with van der Waals surface area (Å²) in [7, 11) is 0. The molecule has 0 saturated heterocycles. The van der Waals surface area contributed by atoms with E-state index in [-0.39, 0.29) is 17.0 Å². The first-order valence-corrected chi connectivity index (χ1v) is 7.35. The molecule has 19 heavy (non-hydrogen) atoms. The molecule has 106 valence electrons. The second-order valence-corrected chi connectivity index (χ2v) is 6.74. The summed E-state index contributed by atoms with van der Waals surface area (Å²) >= 11 is 7.58. The minimum Gasteiger partial charge on any atom is -0.493 e. The molecule has 0 radical (unpaired) electrons. The Kier molecular flexibility index (Phi) is 5.67. The van der Waals surface area contributed by atoms with Gasteiger partial charge in [0.05, 0.1) is 17.6 Å². The molecule has 6 heteroatoms. The lowest BCUT2D eigenvalue weighted by Crippen LogP contribution is -2.28. The first-order valence-electron chi connectivity index (χ1n) is 5.92. The zero-order valence-electron chi connectivity index (χ0n) is 11.2. The Morgan fingerprint density at radius 3 is 2.53 bits per heavy atom. The Labute approximate surface area is 127 Å². The van der Waals surface area contributed by atoms with Gasteiger partial charge in [0.15, 0.2) is 0 Å². The van der Waals surface area contributed by atoms with Gasteiger partial charge in [0.1, 0.15) is 5.75 Å². The van der Waals surface area contributed by atoms with Gasteiger partial charge in [0.2, 0.25) is 0 Å². The largest absolute Gasteiger partial charge is 0.493 e. The molecular formula is C13H18BrNO3S. The lowest BCUT2D eigenvalue weighted by Gasteiger charge is -2.29. The normalized spacial score (nSPS) is 13.1. The van der Waals surface area contributed by atoms with Crippen molar-refractivity contribution in [1.29, 1.82) is 0 Å². The van der Waals surface area contributed by atoms with Crippen LogP contribution in [0.2, 0.25) is 0 Å². The van der Waals surface area contributed by atoms with Gasteiger partial charge in [-0.05, 0) is 17.2 Å². The van der Waals surface area contributed by atoms with E-state index in [2.05, 4.69) is 49.3 Å². The van der Waals surface area contributed by atoms with E-state index in [1.54, 1.807) is 6.07 Å². The second kappa shape index (κ2) is 6.61. The van der Waals surface area contributed by atoms with Crippen LogP contribution in [0.4, 0.5) is 5.69 Å². The van der Waals surface area contributed by atoms with Crippen molar-refractivity contribution in [1.82, 2.24) is 0 Å². The number of ether oxygens (including phenoxy) is 1. The van der Waals surface area contributed by atoms with Crippen LogP contribution < -0.4 is 4.74 Å². The van der Waals surface area contributed by atoms with Crippen molar-refractivity contribution >= 4 is 34.2 Å². The SMILES string of the molecule is CC(C)(C)C(CS)COc1cc(Br)cc([N+](=O)[O-])c1. The molecule has 1 aromatic carbocycles. The van der Waals surface area contributed by atoms with Crippen LogP contribution in [0.15, 0.2) is 22.7 Å². The fraction of sp³-hybridized carbons (Fsp3) is 0.538. The number of nitrogens with zero attached hydrogens (tertiary/aromatic N) is 1. The predicted octanol–water partition coefficient (Wildman–Crippen LogP) is 4.33. The molecule has 0 saturated carbocycles. The Balaban J connectivity index is 2.80. The summed E-state index contributed by atoms with van der Waals surface area (Å²) in [6, 6.07) is 4.61. The summed E-state index contributed by atoms with van der Waals surface area (Å²) in [5.41, 5.74) is 0.0993. The van der Waals surface area contributed by atoms with Crippen molar-refractivity contribution in [2.24, 2.45) is 11.3 Å². The summed E-state index contributed by atoms with van der Waals surface area (Å²) in [6.45, 7) is 6.86. The molecule has 1 rings (SSSR count). The number of non-ortho nitro benzene ring substituents is 1. The van der Waals surface area contributed by atoms with E-state index in [0.29, 0.717) is 22.6 Å². The lowest BCUT2D eigenvalue weighted by molar-refractivity contribution is -0.385. The molecular weight excluding hydrogens is 330 g/mol. The molecule has 0 fully saturated rings. The molecule has 0 aliphatic heterocycles. The number of nitro benzene ring substituents is 1. The van der Waals surface area contributed by atoms with Gasteiger partial charge in [-0.1, -0.05) is 36.7 Å². The van der Waals surface area contributed by atoms with Crippen molar-refractivity contribution in [2.75, 3.05) is 12.4 Å². The van der Waals surface area contributed by atoms with E-state index >= 15 is 0 Å². The fourth-order valence-corrected chi connectivity index (χ4v) is 2.62. The zero-order chi connectivity index (χ0) is 14.6. The number of hydrogen-bond acceptors (Lipinski definition) is 4. The molecule has 0 aliphatic carbocycles. The zero-order valence-corrected chi connectivity index (χ0v) is 13.7. The third-order valence-electron chi connectivity index (χ3n) is 2.96. The average molecular weight is 348 g/mol. The monoisotopic (exact) mass is 347 g/mol. The predicted molar refractivity (Wildman–Crippen MR) is 83.1 cm³/mol. The van der Waals surface area contributed by atoms with Gasteiger partial charge in [-0.25, -0.2) is 0 Å². The Bertz CT molecular complexity index is 460. The van der Waals surface area contributed by atoms with Gasteiger partial charge in [-0.15, -0.1) is 0 Å². The van der Waals surface area contributed by atoms with Crippen LogP contribution in [0.1, 0.15) is 20.8 Å². The van der Waals surface area contributed by atoms with Gasteiger partial charge >= 0.3 is 0 Å². The standard InChI is InChI=1S/C13H18BrNO3S/c1-13(2,3)9(8-19)7-18-12-5-10(14)4-11(6-12)15(16)17/h4-6,9,19H,7-8H2,1-3H3. The molecule has 0 amide bonds. The van der Waals surface area contributed by atoms with Gasteiger partial charge in [-0.3, -0.25) is 10.1 Å². The first kappa shape index (κ1) is 16.3. The van der Waals surface area contributed by atoms with Crippen LogP contribution in [-0.2, 0) is 0 Å². The molecule has 1 unspecified atom stereocenters. The summed E-state index contributed by atoms with van der Waals surface area (Å²) in [5.74, 6) is 1.48. The number of hydrogen-bond donors (Lipinski definition) is 1. The fourth-order valence-electron chi connectivity index (χ4n) is 1.51. The smallest absolute Gasteiger partial charge is 0.274 e. The maximum absolute atomic E-state index is 10.8. The van der Waals surface area contributed by atoms with Gasteiger partial charge in [0, 0.05) is 16.5 Å². The van der Waals surface area contributed by atoms with Crippen molar-refractivity contribution < 1.29 is 9.66 Å². The molecule has 1 atom stereocenters. The van der Waals surface area contributed by atoms with E-state index in [0.717, 1.165) is 0 Å². The number of nitro groups is 1. The van der Waals surface area contributed by atoms with Crippen molar-refractivity contribution in [3.63, 3.8) is 0 Å². The highest BCUT2D eigenvalue weighted by Gasteiger charge is 2.24. The lowest BCUT2D eigenvalue weighted by atomic mass is 9.82. The average Bonchev–Trinajstić information content (AvgIpc) is 2.27. The van der Waals surface area contributed by atoms with E-state index in [4.69, 9.17) is 4.74 Å². The highest BCUT2D eigenvalue weighted by Crippen LogP contribution is 2.30. The van der Waals surface area contributed by atoms with Crippen molar-refractivity contribution in [3.05, 3.63) is 32.8 Å². The van der Waals surface area contributed by atoms with E-state index in [1.807, 2.05) is 0 Å². The van der Waals surface area contributed by atoms with Crippen LogP contribution in [0.5, 0.6) is 5.75 Å². The summed E-state index contributed by atoms with van der Waals surface area (Å²) in [6.07, 6.45) is 0. The van der Waals surface area contributed by atoms with Crippen LogP contribution in [0.3, 0.4) is 0 Å². The van der Waals surface area contributed by atoms with Gasteiger partial charge < -0.3 is 4.74 Å². The Morgan fingerprint density at radius 2 is 2.05 bits per heavy atom. The number of benzene rings is 1. The third kappa shape index (κ3) is 5.03. The third-order valence-corrected chi connectivity index (χ3v) is 3.86. The van der Waals surface area contributed by atoms with E-state index < -0.39 is 4.92 Å². The highest BCUT2D eigenvalue weighted by atomic mass is 79.9. The molecule has 0 aromatic heterocycles. The molecule has 1 aromatic rings. The summed E-state index contributed by atoms with van der Waals surface area (Å²) in [5, 5.41) is 10.8. The summed E-state index contributed by atoms with van der Waals surface area (Å²) in [4.78, 5) is 10.3. The van der Waals surface area contributed by atoms with Crippen LogP contribution in [-0.4, -0.2) is 17.3 Å². The minimum absolute atomic E-state index is 0.0163. The molecule has 0 bridgehead atoms. The topological polar surface area (TPSA) is 52.4 Å². The molecule has 0 heterocycles. The second-order valence-electron chi connectivity index (χ2n) is 5.46. The van der Waals surface area contributed by atoms with Crippen molar-refractivity contribution in [3.8, 4) is 5.75 Å². The Morgan fingerprint density at radius 1 is 1.42 bits per heavy atom. The first-order chi connectivity index (χ1) is 8.74. The quantitative estimate of drug-likeness (QED) is 0.490. The minimum atomic E-state index is -0.433. The molecule has 0 aliphatic rings. The van der Waals surface area contributed by atoms with Crippen LogP contribution in [0.25, 0.3) is 0 Å². The van der Waals surface area contributed by atoms with E-state index in [9.17, 15) is 10.1 Å². The molecule has 0 spiro atoms. The Hall–Kier alpha value is -0.750. The summed E-state index contributed by atoms with van der Waals surface area (Å²) < 4.78 is 6.31. The van der Waals surface area contributed by atoms with Gasteiger partial charge in [-0.2, -0.15) is 12.6 Å². The van der Waals surface area contributed by atoms with Crippen LogP contribution >= 0.6 is 28.6 Å². The highest BCUT2D eigenvalue weighted by molar-refractivity contribution is 9.10. The van der Waals surface area contributed by atoms with Gasteiger partial charge in [0.25, 0.3) is 5.69 Å². The van der Waals surface area contributed by atoms with Crippen molar-refractivity contribution in [2.45, 2.75) is 20.8 Å². The molecule has 0 N–H and O–H groups in total. The number of halogens is 1. The number of rotatable bonds is 5. The molecule has 4 nitrogen and oxygen atoms in total. The van der Waals surface area contributed by atoms with Crippen LogP contribution in [0, 0.1) is 21.4 Å².